The maximum absolute atomic E-state index is 5.50. The third kappa shape index (κ3) is 3.78. The lowest BCUT2D eigenvalue weighted by atomic mass is 10.1. The van der Waals surface area contributed by atoms with E-state index in [1.807, 2.05) is 18.2 Å². The van der Waals surface area contributed by atoms with E-state index in [1.165, 1.54) is 5.56 Å². The zero-order chi connectivity index (χ0) is 12.8. The Labute approximate surface area is 115 Å². The van der Waals surface area contributed by atoms with Gasteiger partial charge in [0.25, 0.3) is 0 Å². The predicted octanol–water partition coefficient (Wildman–Crippen LogP) is 2.35. The Kier molecular flexibility index (Phi) is 4.66. The minimum atomic E-state index is 0.362. The summed E-state index contributed by atoms with van der Waals surface area (Å²) in [5.74, 6) is 1.47. The summed E-state index contributed by atoms with van der Waals surface area (Å²) in [5, 5.41) is 3.27. The van der Waals surface area contributed by atoms with Gasteiger partial charge in [-0.15, -0.1) is 0 Å². The molecule has 1 aromatic carbocycles. The van der Waals surface area contributed by atoms with Crippen molar-refractivity contribution < 1.29 is 0 Å². The molecule has 0 aliphatic rings. The molecule has 0 radical (unpaired) electrons. The number of benzene rings is 1. The van der Waals surface area contributed by atoms with Crippen LogP contribution in [0.3, 0.4) is 0 Å². The van der Waals surface area contributed by atoms with Gasteiger partial charge in [0, 0.05) is 17.2 Å². The number of anilines is 1. The number of aromatic nitrogens is 2. The van der Waals surface area contributed by atoms with E-state index in [0.717, 1.165) is 23.3 Å². The Hall–Kier alpha value is -1.46. The highest BCUT2D eigenvalue weighted by molar-refractivity contribution is 9.10. The molecule has 0 aliphatic carbocycles. The van der Waals surface area contributed by atoms with Crippen LogP contribution in [-0.2, 0) is 13.0 Å². The quantitative estimate of drug-likeness (QED) is 0.890. The minimum Gasteiger partial charge on any atom is -0.370 e. The Morgan fingerprint density at radius 2 is 2.17 bits per heavy atom. The first kappa shape index (κ1) is 13.0. The van der Waals surface area contributed by atoms with Gasteiger partial charge in [0.05, 0.1) is 6.54 Å². The first-order valence-electron chi connectivity index (χ1n) is 5.78. The van der Waals surface area contributed by atoms with Gasteiger partial charge in [0.15, 0.2) is 0 Å². The molecule has 0 spiro atoms. The van der Waals surface area contributed by atoms with Crippen molar-refractivity contribution in [3.63, 3.8) is 0 Å². The summed E-state index contributed by atoms with van der Waals surface area (Å²) in [4.78, 5) is 8.34. The van der Waals surface area contributed by atoms with Crippen LogP contribution in [0.1, 0.15) is 11.4 Å². The fourth-order valence-electron chi connectivity index (χ4n) is 1.62. The van der Waals surface area contributed by atoms with Gasteiger partial charge in [-0.3, -0.25) is 0 Å². The van der Waals surface area contributed by atoms with Gasteiger partial charge in [-0.05, 0) is 30.2 Å². The molecule has 1 heterocycles. The third-order valence-electron chi connectivity index (χ3n) is 2.50. The van der Waals surface area contributed by atoms with Gasteiger partial charge >= 0.3 is 0 Å². The van der Waals surface area contributed by atoms with Crippen molar-refractivity contribution in [1.82, 2.24) is 9.97 Å². The van der Waals surface area contributed by atoms with Gasteiger partial charge in [-0.2, -0.15) is 0 Å². The standard InChI is InChI=1S/C13H15BrN4/c14-11-3-1-2-10(8-11)4-6-16-12-5-7-17-13(9-15)18-12/h1-3,5,7-8H,4,6,9,15H2,(H,16,17,18). The van der Waals surface area contributed by atoms with Crippen molar-refractivity contribution in [2.45, 2.75) is 13.0 Å². The molecule has 4 nitrogen and oxygen atoms in total. The third-order valence-corrected chi connectivity index (χ3v) is 2.99. The molecule has 0 saturated carbocycles. The number of nitrogens with two attached hydrogens (primary N) is 1. The van der Waals surface area contributed by atoms with Crippen molar-refractivity contribution in [3.8, 4) is 0 Å². The van der Waals surface area contributed by atoms with E-state index < -0.39 is 0 Å². The van der Waals surface area contributed by atoms with Crippen LogP contribution in [0.4, 0.5) is 5.82 Å². The normalized spacial score (nSPS) is 10.3. The van der Waals surface area contributed by atoms with Crippen LogP contribution in [-0.4, -0.2) is 16.5 Å². The lowest BCUT2D eigenvalue weighted by molar-refractivity contribution is 0.900. The molecule has 2 rings (SSSR count). The van der Waals surface area contributed by atoms with E-state index in [2.05, 4.69) is 43.3 Å². The van der Waals surface area contributed by atoms with Crippen LogP contribution < -0.4 is 11.1 Å². The molecular formula is C13H15BrN4. The molecule has 0 unspecified atom stereocenters. The number of halogens is 1. The van der Waals surface area contributed by atoms with Crippen LogP contribution in [0.5, 0.6) is 0 Å². The summed E-state index contributed by atoms with van der Waals surface area (Å²) in [7, 11) is 0. The van der Waals surface area contributed by atoms with Gasteiger partial charge in [0.1, 0.15) is 11.6 Å². The monoisotopic (exact) mass is 306 g/mol. The van der Waals surface area contributed by atoms with Crippen molar-refractivity contribution in [3.05, 3.63) is 52.4 Å². The second kappa shape index (κ2) is 6.47. The summed E-state index contributed by atoms with van der Waals surface area (Å²) in [6.45, 7) is 1.19. The van der Waals surface area contributed by atoms with Crippen LogP contribution in [0.15, 0.2) is 41.0 Å². The molecule has 0 fully saturated rings. The summed E-state index contributed by atoms with van der Waals surface area (Å²) in [6, 6.07) is 10.1. The van der Waals surface area contributed by atoms with Gasteiger partial charge in [-0.25, -0.2) is 9.97 Å². The summed E-state index contributed by atoms with van der Waals surface area (Å²) < 4.78 is 1.10. The van der Waals surface area contributed by atoms with E-state index in [0.29, 0.717) is 12.4 Å². The molecule has 0 atom stereocenters. The highest BCUT2D eigenvalue weighted by Crippen LogP contribution is 2.12. The molecule has 5 heteroatoms. The Morgan fingerprint density at radius 3 is 2.94 bits per heavy atom. The van der Waals surface area contributed by atoms with E-state index in [4.69, 9.17) is 5.73 Å². The fourth-order valence-corrected chi connectivity index (χ4v) is 2.07. The molecule has 0 aliphatic heterocycles. The largest absolute Gasteiger partial charge is 0.370 e. The number of nitrogens with zero attached hydrogens (tertiary/aromatic N) is 2. The van der Waals surface area contributed by atoms with E-state index in [1.54, 1.807) is 6.20 Å². The Morgan fingerprint density at radius 1 is 1.28 bits per heavy atom. The Balaban J connectivity index is 1.88. The molecule has 3 N–H and O–H groups in total. The highest BCUT2D eigenvalue weighted by Gasteiger charge is 1.98. The second-order valence-electron chi connectivity index (χ2n) is 3.87. The molecule has 0 saturated heterocycles. The first-order valence-corrected chi connectivity index (χ1v) is 6.57. The van der Waals surface area contributed by atoms with Crippen LogP contribution >= 0.6 is 15.9 Å². The summed E-state index contributed by atoms with van der Waals surface area (Å²) in [6.07, 6.45) is 2.66. The maximum atomic E-state index is 5.50. The topological polar surface area (TPSA) is 63.8 Å². The lowest BCUT2D eigenvalue weighted by Gasteiger charge is -2.06. The molecular weight excluding hydrogens is 292 g/mol. The first-order chi connectivity index (χ1) is 8.78. The minimum absolute atomic E-state index is 0.362. The average molecular weight is 307 g/mol. The molecule has 1 aromatic heterocycles. The van der Waals surface area contributed by atoms with Gasteiger partial charge < -0.3 is 11.1 Å². The average Bonchev–Trinajstić information content (AvgIpc) is 2.39. The van der Waals surface area contributed by atoms with Crippen LogP contribution in [0.25, 0.3) is 0 Å². The summed E-state index contributed by atoms with van der Waals surface area (Å²) in [5.41, 5.74) is 6.78. The molecule has 18 heavy (non-hydrogen) atoms. The maximum Gasteiger partial charge on any atom is 0.144 e. The van der Waals surface area contributed by atoms with Crippen LogP contribution in [0.2, 0.25) is 0 Å². The zero-order valence-corrected chi connectivity index (χ0v) is 11.5. The number of hydrogen-bond acceptors (Lipinski definition) is 4. The molecule has 2 aromatic rings. The summed E-state index contributed by atoms with van der Waals surface area (Å²) >= 11 is 3.46. The van der Waals surface area contributed by atoms with E-state index in [-0.39, 0.29) is 0 Å². The number of hydrogen-bond donors (Lipinski definition) is 2. The fraction of sp³-hybridized carbons (Fsp3) is 0.231. The number of rotatable bonds is 5. The van der Waals surface area contributed by atoms with Crippen molar-refractivity contribution in [2.75, 3.05) is 11.9 Å². The van der Waals surface area contributed by atoms with Crippen molar-refractivity contribution >= 4 is 21.7 Å². The smallest absolute Gasteiger partial charge is 0.144 e. The van der Waals surface area contributed by atoms with Gasteiger partial charge in [0.2, 0.25) is 0 Å². The van der Waals surface area contributed by atoms with E-state index >= 15 is 0 Å². The predicted molar refractivity (Wildman–Crippen MR) is 76.3 cm³/mol. The second-order valence-corrected chi connectivity index (χ2v) is 4.78. The van der Waals surface area contributed by atoms with Crippen molar-refractivity contribution in [2.24, 2.45) is 5.73 Å². The highest BCUT2D eigenvalue weighted by atomic mass is 79.9. The van der Waals surface area contributed by atoms with E-state index in [9.17, 15) is 0 Å². The van der Waals surface area contributed by atoms with Crippen LogP contribution in [0, 0.1) is 0 Å². The SMILES string of the molecule is NCc1nccc(NCCc2cccc(Br)c2)n1. The molecule has 0 bridgehead atoms. The zero-order valence-electron chi connectivity index (χ0n) is 9.94. The Bertz CT molecular complexity index is 516. The van der Waals surface area contributed by atoms with Crippen molar-refractivity contribution in [1.29, 1.82) is 0 Å². The lowest BCUT2D eigenvalue weighted by Crippen LogP contribution is -2.09. The number of nitrogens with one attached hydrogen (secondary N) is 1. The molecule has 0 amide bonds. The molecule has 94 valence electrons. The van der Waals surface area contributed by atoms with Gasteiger partial charge in [-0.1, -0.05) is 28.1 Å².